The van der Waals surface area contributed by atoms with E-state index in [0.29, 0.717) is 6.04 Å². The number of nitrogens with zero attached hydrogens (tertiary/aromatic N) is 2. The van der Waals surface area contributed by atoms with Gasteiger partial charge in [0, 0.05) is 6.07 Å². The van der Waals surface area contributed by atoms with Crippen molar-refractivity contribution in [1.29, 1.82) is 0 Å². The van der Waals surface area contributed by atoms with Gasteiger partial charge in [0.2, 0.25) is 0 Å². The Labute approximate surface area is 63.6 Å². The molecule has 1 saturated carbocycles. The Bertz CT molecular complexity index is 288. The lowest BCUT2D eigenvalue weighted by molar-refractivity contribution is -0.392. The van der Waals surface area contributed by atoms with E-state index in [1.807, 2.05) is 0 Å². The number of aromatic nitrogens is 1. The van der Waals surface area contributed by atoms with Crippen molar-refractivity contribution in [2.24, 2.45) is 0 Å². The molecule has 4 nitrogen and oxygen atoms in total. The minimum atomic E-state index is -0.335. The lowest BCUT2D eigenvalue weighted by Crippen LogP contribution is -1.98. The van der Waals surface area contributed by atoms with Crippen molar-refractivity contribution in [2.75, 3.05) is 0 Å². The van der Waals surface area contributed by atoms with E-state index < -0.39 is 0 Å². The zero-order chi connectivity index (χ0) is 7.84. The van der Waals surface area contributed by atoms with Gasteiger partial charge < -0.3 is 10.1 Å². The van der Waals surface area contributed by atoms with Crippen LogP contribution in [0.2, 0.25) is 0 Å². The molecule has 4 heteroatoms. The van der Waals surface area contributed by atoms with Gasteiger partial charge in [-0.25, -0.2) is 4.57 Å². The lowest BCUT2D eigenvalue weighted by Gasteiger charge is -1.96. The molecule has 0 spiro atoms. The molecule has 1 aliphatic carbocycles. The molecule has 0 aromatic carbocycles. The summed E-state index contributed by atoms with van der Waals surface area (Å²) >= 11 is 0. The van der Waals surface area contributed by atoms with E-state index >= 15 is 0 Å². The molecule has 0 aliphatic heterocycles. The largest absolute Gasteiger partial charge is 0.358 e. The summed E-state index contributed by atoms with van der Waals surface area (Å²) < 4.78 is 1.74. The van der Waals surface area contributed by atoms with Crippen LogP contribution in [-0.2, 0) is 0 Å². The molecule has 0 radical (unpaired) electrons. The molecule has 0 N–H and O–H groups in total. The molecule has 0 bridgehead atoms. The smallest absolute Gasteiger partial charge is 0.323 e. The van der Waals surface area contributed by atoms with Crippen molar-refractivity contribution < 1.29 is 4.92 Å². The Hall–Kier alpha value is -1.32. The Kier molecular flexibility index (Phi) is 1.21. The molecule has 1 heterocycles. The van der Waals surface area contributed by atoms with Gasteiger partial charge in [-0.3, -0.25) is 0 Å². The first-order valence-electron chi connectivity index (χ1n) is 3.60. The lowest BCUT2D eigenvalue weighted by atomic mass is 10.6. The SMILES string of the molecule is O=[N+]([O-])c1cccn1C1CC1. The predicted octanol–water partition coefficient (Wildman–Crippen LogP) is 1.73. The van der Waals surface area contributed by atoms with E-state index in [1.54, 1.807) is 22.9 Å². The Morgan fingerprint density at radius 1 is 1.64 bits per heavy atom. The molecule has 1 fully saturated rings. The molecule has 0 amide bonds. The molecule has 2 rings (SSSR count). The molecule has 1 aliphatic rings. The van der Waals surface area contributed by atoms with Crippen molar-refractivity contribution in [3.63, 3.8) is 0 Å². The van der Waals surface area contributed by atoms with Crippen LogP contribution in [0.1, 0.15) is 18.9 Å². The van der Waals surface area contributed by atoms with Crippen LogP contribution in [-0.4, -0.2) is 9.49 Å². The van der Waals surface area contributed by atoms with Crippen LogP contribution >= 0.6 is 0 Å². The van der Waals surface area contributed by atoms with Crippen molar-refractivity contribution in [2.45, 2.75) is 18.9 Å². The van der Waals surface area contributed by atoms with Gasteiger partial charge in [0.1, 0.15) is 6.04 Å². The highest BCUT2D eigenvalue weighted by Gasteiger charge is 2.31. The van der Waals surface area contributed by atoms with Crippen LogP contribution in [0.15, 0.2) is 18.3 Å². The quantitative estimate of drug-likeness (QED) is 0.478. The fourth-order valence-corrected chi connectivity index (χ4v) is 1.20. The molecular weight excluding hydrogens is 144 g/mol. The van der Waals surface area contributed by atoms with Crippen molar-refractivity contribution >= 4 is 5.82 Å². The van der Waals surface area contributed by atoms with E-state index in [9.17, 15) is 10.1 Å². The number of nitro groups is 1. The maximum absolute atomic E-state index is 10.4. The number of hydrogen-bond donors (Lipinski definition) is 0. The summed E-state index contributed by atoms with van der Waals surface area (Å²) in [5.74, 6) is 0.215. The summed E-state index contributed by atoms with van der Waals surface area (Å²) in [5.41, 5.74) is 0. The molecule has 11 heavy (non-hydrogen) atoms. The zero-order valence-corrected chi connectivity index (χ0v) is 5.93. The Morgan fingerprint density at radius 2 is 2.36 bits per heavy atom. The molecule has 1 aromatic rings. The second-order valence-electron chi connectivity index (χ2n) is 2.76. The third kappa shape index (κ3) is 1.00. The minimum Gasteiger partial charge on any atom is -0.358 e. The van der Waals surface area contributed by atoms with Crippen LogP contribution in [0.5, 0.6) is 0 Å². The number of rotatable bonds is 2. The van der Waals surface area contributed by atoms with E-state index in [-0.39, 0.29) is 10.7 Å². The van der Waals surface area contributed by atoms with Gasteiger partial charge in [0.05, 0.1) is 6.20 Å². The summed E-state index contributed by atoms with van der Waals surface area (Å²) in [6, 6.07) is 3.65. The zero-order valence-electron chi connectivity index (χ0n) is 5.93. The maximum atomic E-state index is 10.4. The summed E-state index contributed by atoms with van der Waals surface area (Å²) in [5, 5.41) is 10.4. The maximum Gasteiger partial charge on any atom is 0.323 e. The molecule has 1 aromatic heterocycles. The Morgan fingerprint density at radius 3 is 2.91 bits per heavy atom. The van der Waals surface area contributed by atoms with E-state index in [2.05, 4.69) is 0 Å². The first-order valence-corrected chi connectivity index (χ1v) is 3.60. The molecule has 0 saturated heterocycles. The van der Waals surface area contributed by atoms with Crippen LogP contribution in [0.4, 0.5) is 5.82 Å². The topological polar surface area (TPSA) is 48.1 Å². The fraction of sp³-hybridized carbons (Fsp3) is 0.429. The second-order valence-corrected chi connectivity index (χ2v) is 2.76. The van der Waals surface area contributed by atoms with Gasteiger partial charge in [0.15, 0.2) is 0 Å². The van der Waals surface area contributed by atoms with Gasteiger partial charge in [-0.05, 0) is 23.8 Å². The van der Waals surface area contributed by atoms with Gasteiger partial charge in [0.25, 0.3) is 0 Å². The van der Waals surface area contributed by atoms with Gasteiger partial charge in [-0.1, -0.05) is 0 Å². The monoisotopic (exact) mass is 152 g/mol. The van der Waals surface area contributed by atoms with E-state index in [4.69, 9.17) is 0 Å². The Balaban J connectivity index is 2.37. The average molecular weight is 152 g/mol. The highest BCUT2D eigenvalue weighted by atomic mass is 16.6. The second kappa shape index (κ2) is 2.08. The first kappa shape index (κ1) is 6.39. The summed E-state index contributed by atoms with van der Waals surface area (Å²) in [7, 11) is 0. The molecule has 0 atom stereocenters. The molecule has 58 valence electrons. The first-order chi connectivity index (χ1) is 5.29. The summed E-state index contributed by atoms with van der Waals surface area (Å²) in [6.45, 7) is 0. The van der Waals surface area contributed by atoms with Crippen LogP contribution < -0.4 is 0 Å². The van der Waals surface area contributed by atoms with Gasteiger partial charge >= 0.3 is 5.82 Å². The molecular formula is C7H8N2O2. The summed E-state index contributed by atoms with van der Waals surface area (Å²) in [6.07, 6.45) is 3.93. The van der Waals surface area contributed by atoms with E-state index in [1.165, 1.54) is 0 Å². The predicted molar refractivity (Wildman–Crippen MR) is 39.4 cm³/mol. The summed E-state index contributed by atoms with van der Waals surface area (Å²) in [4.78, 5) is 10.1. The van der Waals surface area contributed by atoms with Gasteiger partial charge in [-0.2, -0.15) is 0 Å². The van der Waals surface area contributed by atoms with Crippen molar-refractivity contribution in [3.05, 3.63) is 28.4 Å². The normalized spacial score (nSPS) is 16.7. The standard InChI is InChI=1S/C7H8N2O2/c10-9(11)7-2-1-5-8(7)6-3-4-6/h1-2,5-6H,3-4H2. The van der Waals surface area contributed by atoms with Crippen LogP contribution in [0.3, 0.4) is 0 Å². The van der Waals surface area contributed by atoms with Crippen molar-refractivity contribution in [1.82, 2.24) is 4.57 Å². The van der Waals surface area contributed by atoms with Crippen molar-refractivity contribution in [3.8, 4) is 0 Å². The average Bonchev–Trinajstić information content (AvgIpc) is 2.68. The minimum absolute atomic E-state index is 0.215. The van der Waals surface area contributed by atoms with Crippen LogP contribution in [0, 0.1) is 10.1 Å². The highest BCUT2D eigenvalue weighted by Crippen LogP contribution is 2.37. The number of hydrogen-bond acceptors (Lipinski definition) is 2. The molecule has 0 unspecified atom stereocenters. The van der Waals surface area contributed by atoms with Gasteiger partial charge in [-0.15, -0.1) is 0 Å². The fourth-order valence-electron chi connectivity index (χ4n) is 1.20. The highest BCUT2D eigenvalue weighted by molar-refractivity contribution is 5.23. The third-order valence-corrected chi connectivity index (χ3v) is 1.88. The van der Waals surface area contributed by atoms with E-state index in [0.717, 1.165) is 12.8 Å². The van der Waals surface area contributed by atoms with Crippen LogP contribution in [0.25, 0.3) is 0 Å². The third-order valence-electron chi connectivity index (χ3n) is 1.88.